The minimum absolute atomic E-state index is 0. The van der Waals surface area contributed by atoms with Gasteiger partial charge >= 0.3 is 118 Å². The van der Waals surface area contributed by atoms with E-state index in [1.807, 2.05) is 0 Å². The number of carboxylic acids is 2. The number of carbonyl (C=O) groups is 6. The Bertz CT molecular complexity index is 2080. The average Bonchev–Trinajstić information content (AvgIpc) is 2.99. The van der Waals surface area contributed by atoms with Crippen LogP contribution in [0.15, 0.2) is 93.0 Å². The zero-order valence-electron chi connectivity index (χ0n) is 27.5. The molecule has 0 aromatic heterocycles. The summed E-state index contributed by atoms with van der Waals surface area (Å²) in [6.07, 6.45) is 4.91. The summed E-state index contributed by atoms with van der Waals surface area (Å²) in [5.41, 5.74) is 4.39. The van der Waals surface area contributed by atoms with E-state index < -0.39 is 87.6 Å². The van der Waals surface area contributed by atoms with Crippen molar-refractivity contribution >= 4 is 78.8 Å². The fourth-order valence-electron chi connectivity index (χ4n) is 4.16. The Morgan fingerprint density at radius 2 is 0.827 bits per heavy atom. The number of carbonyl (C=O) groups excluding carboxylic acids is 6. The van der Waals surface area contributed by atoms with Crippen molar-refractivity contribution in [1.29, 1.82) is 0 Å². The fraction of sp³-hybridized carbons (Fsp3) is 0. The second-order valence-corrected chi connectivity index (χ2v) is 12.1. The first-order valence-electron chi connectivity index (χ1n) is 12.7. The van der Waals surface area contributed by atoms with Crippen molar-refractivity contribution in [3.8, 4) is 0 Å². The van der Waals surface area contributed by atoms with Crippen LogP contribution < -0.4 is 150 Å². The number of hydrazine groups is 2. The number of rotatable bonds is 12. The van der Waals surface area contributed by atoms with E-state index in [1.165, 1.54) is 0 Å². The summed E-state index contributed by atoms with van der Waals surface area (Å²) < 4.78 is 72.3. The third kappa shape index (κ3) is 12.1. The maximum Gasteiger partial charge on any atom is 1.00 e. The number of allylic oxidation sites excluding steroid dienone is 4. The normalized spacial score (nSPS) is 14.1. The van der Waals surface area contributed by atoms with Crippen LogP contribution in [-0.2, 0) is 49.0 Å². The van der Waals surface area contributed by atoms with Crippen LogP contribution >= 0.6 is 0 Å². The molecule has 0 heterocycles. The zero-order valence-corrected chi connectivity index (χ0v) is 37.1. The molecule has 4 rings (SSSR count). The van der Waals surface area contributed by atoms with Gasteiger partial charge in [-0.2, -0.15) is 0 Å². The molecule has 2 aliphatic carbocycles. The van der Waals surface area contributed by atoms with Gasteiger partial charge in [-0.25, -0.2) is 16.8 Å². The van der Waals surface area contributed by atoms with Crippen LogP contribution in [0.25, 0.3) is 12.2 Å². The first-order valence-corrected chi connectivity index (χ1v) is 15.6. The van der Waals surface area contributed by atoms with Gasteiger partial charge in [0.1, 0.15) is 31.6 Å². The molecule has 0 saturated carbocycles. The molecule has 0 bridgehead atoms. The zero-order chi connectivity index (χ0) is 35.6. The van der Waals surface area contributed by atoms with E-state index in [0.717, 1.165) is 60.7 Å². The van der Waals surface area contributed by atoms with Gasteiger partial charge in [0, 0.05) is 0 Å². The van der Waals surface area contributed by atoms with E-state index in [9.17, 15) is 64.9 Å². The number of nitrogens with one attached hydrogen (secondary N) is 4. The van der Waals surface area contributed by atoms with Gasteiger partial charge in [-0.3, -0.25) is 30.0 Å². The first kappa shape index (κ1) is 49.8. The van der Waals surface area contributed by atoms with Gasteiger partial charge in [0.2, 0.25) is 11.6 Å². The molecule has 0 aliphatic heterocycles. The smallest absolute Gasteiger partial charge is 0.744 e. The Balaban J connectivity index is 0.00000650. The number of anilines is 2. The van der Waals surface area contributed by atoms with Crippen molar-refractivity contribution in [2.24, 2.45) is 0 Å². The maximum atomic E-state index is 12.1. The molecular formula is C28H16N4Na4O14S2. The minimum Gasteiger partial charge on any atom is -0.744 e. The van der Waals surface area contributed by atoms with E-state index in [-0.39, 0.29) is 141 Å². The largest absolute Gasteiger partial charge is 1.00 e. The van der Waals surface area contributed by atoms with E-state index in [2.05, 4.69) is 21.7 Å². The van der Waals surface area contributed by atoms with Crippen LogP contribution in [0.2, 0.25) is 0 Å². The molecule has 2 aromatic carbocycles. The molecule has 4 N–H and O–H groups in total. The topological polar surface area (TPSA) is 311 Å². The SMILES string of the molecule is O=C([O-])C1=C(NNc2ccc(/C=C/c3ccc(NNC4=C(C(=O)[O-])C(=O)C=CC4=O)cc3S(=O)(=O)[O-])c(S(=O)(=O)[O-])c2)C(=O)C=CC1=O.[Na+].[Na+].[Na+].[Na+]. The van der Waals surface area contributed by atoms with E-state index in [4.69, 9.17) is 0 Å². The minimum atomic E-state index is -5.25. The average molecular weight is 789 g/mol. The quantitative estimate of drug-likeness (QED) is 0.0387. The molecule has 0 fully saturated rings. The molecule has 18 nitrogen and oxygen atoms in total. The van der Waals surface area contributed by atoms with Crippen LogP contribution in [0.4, 0.5) is 11.4 Å². The van der Waals surface area contributed by atoms with Crippen LogP contribution in [-0.4, -0.2) is 61.0 Å². The van der Waals surface area contributed by atoms with Gasteiger partial charge in [0.15, 0.2) is 11.6 Å². The summed E-state index contributed by atoms with van der Waals surface area (Å²) in [5.74, 6) is -7.93. The third-order valence-electron chi connectivity index (χ3n) is 6.34. The number of aliphatic carboxylic acids is 2. The molecule has 0 unspecified atom stereocenters. The van der Waals surface area contributed by atoms with Gasteiger partial charge in [-0.1, -0.05) is 24.3 Å². The molecular weight excluding hydrogens is 772 g/mol. The molecule has 0 amide bonds. The summed E-state index contributed by atoms with van der Waals surface area (Å²) in [6, 6.07) is 5.95. The number of carboxylic acid groups (broad SMARTS) is 2. The van der Waals surface area contributed by atoms with Crippen molar-refractivity contribution in [3.63, 3.8) is 0 Å². The molecule has 0 saturated heterocycles. The number of ketones is 4. The third-order valence-corrected chi connectivity index (χ3v) is 8.12. The molecule has 0 radical (unpaired) electrons. The standard InChI is InChI=1S/C28H20N4O14S2.4Na/c33-17-7-9-19(35)25(23(17)27(37)38)31-29-15-5-3-13(21(11-15)47(41,42)43)1-2-14-4-6-16(12-22(14)48(44,45)46)30-32-26-20(36)10-8-18(34)24(26)28(39)40;;;;/h1-12,29-32H,(H,37,38)(H,39,40)(H,41,42,43)(H,44,45,46);;;;/q;4*+1/p-4/b2-1+;;;;. The summed E-state index contributed by atoms with van der Waals surface area (Å²) in [4.78, 5) is 68.8. The van der Waals surface area contributed by atoms with E-state index >= 15 is 0 Å². The van der Waals surface area contributed by atoms with Crippen LogP contribution in [0.1, 0.15) is 11.1 Å². The monoisotopic (exact) mass is 788 g/mol. The summed E-state index contributed by atoms with van der Waals surface area (Å²) in [5, 5.41) is 22.7. The number of hydrogen-bond acceptors (Lipinski definition) is 18. The second-order valence-electron chi connectivity index (χ2n) is 9.45. The van der Waals surface area contributed by atoms with Crippen molar-refractivity contribution in [1.82, 2.24) is 10.9 Å². The molecule has 248 valence electrons. The van der Waals surface area contributed by atoms with Crippen molar-refractivity contribution in [2.75, 3.05) is 10.9 Å². The van der Waals surface area contributed by atoms with Gasteiger partial charge in [-0.15, -0.1) is 0 Å². The van der Waals surface area contributed by atoms with Gasteiger partial charge < -0.3 is 39.8 Å². The van der Waals surface area contributed by atoms with E-state index in [1.54, 1.807) is 0 Å². The first-order chi connectivity index (χ1) is 22.4. The Labute approximate surface area is 382 Å². The number of benzene rings is 2. The predicted molar refractivity (Wildman–Crippen MR) is 154 cm³/mol. The maximum absolute atomic E-state index is 12.1. The summed E-state index contributed by atoms with van der Waals surface area (Å²) >= 11 is 0. The molecule has 2 aromatic rings. The Kier molecular flexibility index (Phi) is 19.6. The number of hydrogen-bond donors (Lipinski definition) is 4. The Morgan fingerprint density at radius 3 is 1.12 bits per heavy atom. The predicted octanol–water partition coefficient (Wildman–Crippen LogP) is -15.1. The molecule has 0 spiro atoms. The van der Waals surface area contributed by atoms with Gasteiger partial charge in [0.05, 0.1) is 44.3 Å². The summed E-state index contributed by atoms with van der Waals surface area (Å²) in [6.45, 7) is 0. The van der Waals surface area contributed by atoms with Crippen LogP contribution in [0.5, 0.6) is 0 Å². The Morgan fingerprint density at radius 1 is 0.519 bits per heavy atom. The second kappa shape index (κ2) is 20.5. The van der Waals surface area contributed by atoms with Crippen molar-refractivity contribution in [2.45, 2.75) is 9.79 Å². The van der Waals surface area contributed by atoms with Crippen LogP contribution in [0, 0.1) is 0 Å². The van der Waals surface area contributed by atoms with E-state index in [0.29, 0.717) is 12.2 Å². The van der Waals surface area contributed by atoms with Crippen molar-refractivity contribution < 1.29 is 183 Å². The fourth-order valence-corrected chi connectivity index (χ4v) is 5.56. The summed E-state index contributed by atoms with van der Waals surface area (Å²) in [7, 11) is -10.5. The van der Waals surface area contributed by atoms with Crippen LogP contribution in [0.3, 0.4) is 0 Å². The molecule has 0 atom stereocenters. The molecule has 2 aliphatic rings. The molecule has 52 heavy (non-hydrogen) atoms. The molecule has 24 heteroatoms. The van der Waals surface area contributed by atoms with Gasteiger partial charge in [-0.05, 0) is 59.7 Å². The van der Waals surface area contributed by atoms with Crippen molar-refractivity contribution in [3.05, 3.63) is 94.4 Å². The van der Waals surface area contributed by atoms with Gasteiger partial charge in [0.25, 0.3) is 0 Å². The Hall–Kier alpha value is -2.22.